The highest BCUT2D eigenvalue weighted by Gasteiger charge is 2.21. The first-order chi connectivity index (χ1) is 12.0. The molecule has 1 saturated heterocycles. The Balaban J connectivity index is 1.79. The van der Waals surface area contributed by atoms with Crippen LogP contribution in [0.25, 0.3) is 0 Å². The molecule has 25 heavy (non-hydrogen) atoms. The second-order valence-electron chi connectivity index (χ2n) is 5.75. The fourth-order valence-electron chi connectivity index (χ4n) is 2.47. The minimum atomic E-state index is -3.72. The molecule has 0 radical (unpaired) electrons. The number of nitrogens with one attached hydrogen (secondary N) is 1. The van der Waals surface area contributed by atoms with Crippen molar-refractivity contribution in [3.63, 3.8) is 0 Å². The van der Waals surface area contributed by atoms with Gasteiger partial charge in [0.25, 0.3) is 15.9 Å². The third kappa shape index (κ3) is 4.15. The molecule has 1 amide bonds. The van der Waals surface area contributed by atoms with E-state index in [2.05, 4.69) is 9.71 Å². The fraction of sp³-hybridized carbons (Fsp3) is 0.294. The van der Waals surface area contributed by atoms with Gasteiger partial charge in [-0.2, -0.15) is 0 Å². The number of benzene rings is 1. The van der Waals surface area contributed by atoms with Gasteiger partial charge < -0.3 is 9.64 Å². The second kappa shape index (κ2) is 7.20. The number of pyridine rings is 1. The molecule has 1 aromatic carbocycles. The van der Waals surface area contributed by atoms with E-state index in [0.29, 0.717) is 32.0 Å². The van der Waals surface area contributed by atoms with Crippen molar-refractivity contribution < 1.29 is 17.9 Å². The van der Waals surface area contributed by atoms with E-state index in [1.165, 1.54) is 18.3 Å². The predicted molar refractivity (Wildman–Crippen MR) is 92.9 cm³/mol. The maximum absolute atomic E-state index is 12.5. The molecule has 0 bridgehead atoms. The fourth-order valence-corrected chi connectivity index (χ4v) is 3.52. The summed E-state index contributed by atoms with van der Waals surface area (Å²) in [5.41, 5.74) is 1.47. The van der Waals surface area contributed by atoms with Crippen molar-refractivity contribution in [1.29, 1.82) is 0 Å². The predicted octanol–water partition coefficient (Wildman–Crippen LogP) is 1.66. The molecule has 1 N–H and O–H groups in total. The molecule has 1 aromatic heterocycles. The quantitative estimate of drug-likeness (QED) is 0.895. The normalized spacial score (nSPS) is 15.0. The summed E-state index contributed by atoms with van der Waals surface area (Å²) in [7, 11) is -3.72. The van der Waals surface area contributed by atoms with Crippen molar-refractivity contribution in [2.24, 2.45) is 0 Å². The molecule has 2 heterocycles. The molecular formula is C17H19N3O4S. The highest BCUT2D eigenvalue weighted by atomic mass is 32.2. The average molecular weight is 361 g/mol. The smallest absolute Gasteiger partial charge is 0.272 e. The van der Waals surface area contributed by atoms with E-state index in [1.807, 2.05) is 6.92 Å². The van der Waals surface area contributed by atoms with Crippen LogP contribution in [-0.4, -0.2) is 50.5 Å². The van der Waals surface area contributed by atoms with Crippen LogP contribution in [0.2, 0.25) is 0 Å². The first-order valence-electron chi connectivity index (χ1n) is 7.88. The summed E-state index contributed by atoms with van der Waals surface area (Å²) in [5, 5.41) is 0. The van der Waals surface area contributed by atoms with Gasteiger partial charge in [0.2, 0.25) is 0 Å². The number of carbonyl (C=O) groups excluding carboxylic acids is 1. The van der Waals surface area contributed by atoms with Gasteiger partial charge in [0, 0.05) is 19.3 Å². The van der Waals surface area contributed by atoms with Crippen LogP contribution in [0.4, 0.5) is 5.69 Å². The lowest BCUT2D eigenvalue weighted by Crippen LogP contribution is -2.41. The van der Waals surface area contributed by atoms with E-state index in [-0.39, 0.29) is 16.5 Å². The van der Waals surface area contributed by atoms with Gasteiger partial charge in [-0.1, -0.05) is 17.7 Å². The molecule has 0 saturated carbocycles. The van der Waals surface area contributed by atoms with Crippen LogP contribution in [0.1, 0.15) is 16.1 Å². The number of nitrogens with zero attached hydrogens (tertiary/aromatic N) is 2. The van der Waals surface area contributed by atoms with Gasteiger partial charge in [0.15, 0.2) is 0 Å². The van der Waals surface area contributed by atoms with E-state index in [0.717, 1.165) is 5.56 Å². The van der Waals surface area contributed by atoms with E-state index < -0.39 is 10.0 Å². The van der Waals surface area contributed by atoms with Crippen LogP contribution in [0.3, 0.4) is 0 Å². The van der Waals surface area contributed by atoms with Gasteiger partial charge in [-0.3, -0.25) is 14.5 Å². The van der Waals surface area contributed by atoms with Gasteiger partial charge in [-0.15, -0.1) is 0 Å². The minimum absolute atomic E-state index is 0.163. The van der Waals surface area contributed by atoms with Crippen molar-refractivity contribution in [3.05, 3.63) is 53.9 Å². The van der Waals surface area contributed by atoms with Gasteiger partial charge in [-0.05, 0) is 31.2 Å². The van der Waals surface area contributed by atoms with Crippen molar-refractivity contribution in [2.75, 3.05) is 31.0 Å². The third-order valence-corrected chi connectivity index (χ3v) is 5.26. The van der Waals surface area contributed by atoms with E-state index in [1.54, 1.807) is 29.2 Å². The average Bonchev–Trinajstić information content (AvgIpc) is 2.62. The molecule has 1 fully saturated rings. The second-order valence-corrected chi connectivity index (χ2v) is 7.44. The number of hydrogen-bond donors (Lipinski definition) is 1. The molecule has 0 atom stereocenters. The van der Waals surface area contributed by atoms with Gasteiger partial charge in [0.1, 0.15) is 5.69 Å². The van der Waals surface area contributed by atoms with Gasteiger partial charge in [0.05, 0.1) is 23.8 Å². The largest absolute Gasteiger partial charge is 0.378 e. The summed E-state index contributed by atoms with van der Waals surface area (Å²) in [4.78, 5) is 18.3. The van der Waals surface area contributed by atoms with Crippen molar-refractivity contribution in [2.45, 2.75) is 11.8 Å². The zero-order chi connectivity index (χ0) is 17.9. The maximum atomic E-state index is 12.5. The number of aryl methyl sites for hydroxylation is 1. The zero-order valence-corrected chi connectivity index (χ0v) is 14.6. The minimum Gasteiger partial charge on any atom is -0.378 e. The van der Waals surface area contributed by atoms with Crippen LogP contribution in [0.5, 0.6) is 0 Å². The molecule has 8 heteroatoms. The Kier molecular flexibility index (Phi) is 5.00. The molecule has 0 unspecified atom stereocenters. The Morgan fingerprint density at radius 1 is 1.16 bits per heavy atom. The molecule has 7 nitrogen and oxygen atoms in total. The lowest BCUT2D eigenvalue weighted by molar-refractivity contribution is 0.0299. The standard InChI is InChI=1S/C17H19N3O4S/c1-13-2-4-15(5-3-13)25(22,23)19-14-6-7-18-16(12-14)17(21)20-8-10-24-11-9-20/h2-7,12H,8-11H2,1H3,(H,18,19). The van der Waals surface area contributed by atoms with E-state index in [9.17, 15) is 13.2 Å². The summed E-state index contributed by atoms with van der Waals surface area (Å²) >= 11 is 0. The topological polar surface area (TPSA) is 88.6 Å². The first-order valence-corrected chi connectivity index (χ1v) is 9.36. The molecule has 0 spiro atoms. The van der Waals surface area contributed by atoms with Crippen LogP contribution in [0.15, 0.2) is 47.5 Å². The number of anilines is 1. The number of hydrogen-bond acceptors (Lipinski definition) is 5. The van der Waals surface area contributed by atoms with Crippen LogP contribution in [0, 0.1) is 6.92 Å². The summed E-state index contributed by atoms with van der Waals surface area (Å²) < 4.78 is 32.6. The molecular weight excluding hydrogens is 342 g/mol. The summed E-state index contributed by atoms with van der Waals surface area (Å²) in [6.45, 7) is 3.87. The Hall–Kier alpha value is -2.45. The third-order valence-electron chi connectivity index (χ3n) is 3.86. The van der Waals surface area contributed by atoms with E-state index >= 15 is 0 Å². The van der Waals surface area contributed by atoms with Crippen molar-refractivity contribution in [3.8, 4) is 0 Å². The number of aromatic nitrogens is 1. The van der Waals surface area contributed by atoms with Gasteiger partial charge in [-0.25, -0.2) is 8.42 Å². The summed E-state index contributed by atoms with van der Waals surface area (Å²) in [5.74, 6) is -0.236. The first kappa shape index (κ1) is 17.4. The number of carbonyl (C=O) groups is 1. The van der Waals surface area contributed by atoms with E-state index in [4.69, 9.17) is 4.74 Å². The highest BCUT2D eigenvalue weighted by molar-refractivity contribution is 7.92. The molecule has 132 valence electrons. The zero-order valence-electron chi connectivity index (χ0n) is 13.8. The summed E-state index contributed by atoms with van der Waals surface area (Å²) in [6, 6.07) is 9.51. The Morgan fingerprint density at radius 3 is 2.52 bits per heavy atom. The number of amides is 1. The highest BCUT2D eigenvalue weighted by Crippen LogP contribution is 2.17. The maximum Gasteiger partial charge on any atom is 0.272 e. The molecule has 1 aliphatic heterocycles. The van der Waals surface area contributed by atoms with Crippen LogP contribution < -0.4 is 4.72 Å². The lowest BCUT2D eigenvalue weighted by Gasteiger charge is -2.26. The van der Waals surface area contributed by atoms with Crippen LogP contribution >= 0.6 is 0 Å². The molecule has 1 aliphatic rings. The Bertz CT molecular complexity index is 860. The van der Waals surface area contributed by atoms with Crippen molar-refractivity contribution >= 4 is 21.6 Å². The molecule has 2 aromatic rings. The van der Waals surface area contributed by atoms with Crippen molar-refractivity contribution in [1.82, 2.24) is 9.88 Å². The number of morpholine rings is 1. The number of ether oxygens (including phenoxy) is 1. The monoisotopic (exact) mass is 361 g/mol. The Morgan fingerprint density at radius 2 is 1.84 bits per heavy atom. The summed E-state index contributed by atoms with van der Waals surface area (Å²) in [6.07, 6.45) is 1.42. The number of rotatable bonds is 4. The molecule has 3 rings (SSSR count). The Labute approximate surface area is 146 Å². The van der Waals surface area contributed by atoms with Crippen LogP contribution in [-0.2, 0) is 14.8 Å². The molecule has 0 aliphatic carbocycles. The lowest BCUT2D eigenvalue weighted by atomic mass is 10.2. The SMILES string of the molecule is Cc1ccc(S(=O)(=O)Nc2ccnc(C(=O)N3CCOCC3)c2)cc1. The number of sulfonamides is 1. The van der Waals surface area contributed by atoms with Gasteiger partial charge >= 0.3 is 0 Å².